The van der Waals surface area contributed by atoms with Crippen LogP contribution in [-0.4, -0.2) is 39.9 Å². The highest BCUT2D eigenvalue weighted by Gasteiger charge is 2.32. The van der Waals surface area contributed by atoms with Crippen LogP contribution >= 0.6 is 11.3 Å². The quantitative estimate of drug-likeness (QED) is 0.944. The number of hydrogen-bond acceptors (Lipinski definition) is 5. The number of rotatable bonds is 3. The molecule has 116 valence electrons. The molecule has 2 unspecified atom stereocenters. The Balaban J connectivity index is 1.82. The van der Waals surface area contributed by atoms with E-state index in [-0.39, 0.29) is 11.9 Å². The summed E-state index contributed by atoms with van der Waals surface area (Å²) in [6.07, 6.45) is 5.56. The van der Waals surface area contributed by atoms with E-state index in [1.54, 1.807) is 12.4 Å². The van der Waals surface area contributed by atoms with E-state index in [2.05, 4.69) is 16.9 Å². The zero-order chi connectivity index (χ0) is 15.5. The fourth-order valence-corrected chi connectivity index (χ4v) is 3.83. The zero-order valence-electron chi connectivity index (χ0n) is 12.6. The van der Waals surface area contributed by atoms with Gasteiger partial charge in [0.25, 0.3) is 5.91 Å². The first-order valence-electron chi connectivity index (χ1n) is 7.59. The minimum absolute atomic E-state index is 0.0432. The van der Waals surface area contributed by atoms with E-state index in [0.717, 1.165) is 30.1 Å². The number of thiazole rings is 1. The Labute approximate surface area is 134 Å². The van der Waals surface area contributed by atoms with Gasteiger partial charge >= 0.3 is 0 Å². The molecule has 0 spiro atoms. The van der Waals surface area contributed by atoms with Gasteiger partial charge in [0.15, 0.2) is 0 Å². The first-order valence-corrected chi connectivity index (χ1v) is 8.40. The molecule has 2 aromatic rings. The Morgan fingerprint density at radius 1 is 1.45 bits per heavy atom. The molecule has 3 rings (SSSR count). The Bertz CT molecular complexity index is 643. The van der Waals surface area contributed by atoms with Crippen molar-refractivity contribution in [3.8, 4) is 10.7 Å². The second-order valence-electron chi connectivity index (χ2n) is 5.67. The van der Waals surface area contributed by atoms with Crippen LogP contribution in [0.5, 0.6) is 0 Å². The van der Waals surface area contributed by atoms with Gasteiger partial charge in [0.05, 0.1) is 11.9 Å². The number of hydrogen-bond donors (Lipinski definition) is 1. The molecule has 6 heteroatoms. The van der Waals surface area contributed by atoms with Gasteiger partial charge in [-0.05, 0) is 30.9 Å². The van der Waals surface area contributed by atoms with Gasteiger partial charge in [-0.25, -0.2) is 4.98 Å². The number of amides is 1. The summed E-state index contributed by atoms with van der Waals surface area (Å²) in [7, 11) is 0. The Morgan fingerprint density at radius 3 is 3.05 bits per heavy atom. The van der Waals surface area contributed by atoms with Crippen LogP contribution in [0.25, 0.3) is 10.7 Å². The van der Waals surface area contributed by atoms with Crippen LogP contribution in [0.15, 0.2) is 30.6 Å². The summed E-state index contributed by atoms with van der Waals surface area (Å²) >= 11 is 1.40. The van der Waals surface area contributed by atoms with Crippen LogP contribution in [-0.2, 0) is 0 Å². The summed E-state index contributed by atoms with van der Waals surface area (Å²) in [5.41, 5.74) is 6.68. The van der Waals surface area contributed by atoms with Crippen LogP contribution < -0.4 is 5.73 Å². The van der Waals surface area contributed by atoms with Crippen molar-refractivity contribution in [2.24, 2.45) is 11.7 Å². The number of piperidine rings is 1. The maximum atomic E-state index is 12.8. The van der Waals surface area contributed by atoms with Crippen molar-refractivity contribution < 1.29 is 4.79 Å². The van der Waals surface area contributed by atoms with E-state index in [0.29, 0.717) is 17.3 Å². The molecule has 5 nitrogen and oxygen atoms in total. The number of likely N-dealkylation sites (tertiary alicyclic amines) is 1. The van der Waals surface area contributed by atoms with E-state index in [9.17, 15) is 4.79 Å². The van der Waals surface area contributed by atoms with Gasteiger partial charge in [-0.3, -0.25) is 9.78 Å². The standard InChI is InChI=1S/C16H20N4OS/c1-11-5-4-8-20(13(11)9-17)16(21)14-10-19-15(22-14)12-6-2-3-7-18-12/h2-3,6-7,10-11,13H,4-5,8-9,17H2,1H3. The molecule has 2 aromatic heterocycles. The largest absolute Gasteiger partial charge is 0.333 e. The van der Waals surface area contributed by atoms with E-state index in [1.165, 1.54) is 11.3 Å². The van der Waals surface area contributed by atoms with Crippen molar-refractivity contribution in [3.05, 3.63) is 35.5 Å². The molecule has 2 atom stereocenters. The van der Waals surface area contributed by atoms with Gasteiger partial charge in [-0.2, -0.15) is 0 Å². The maximum absolute atomic E-state index is 12.8. The molecule has 0 saturated carbocycles. The Hall–Kier alpha value is -1.79. The molecule has 1 saturated heterocycles. The molecule has 0 bridgehead atoms. The molecule has 1 aliphatic heterocycles. The average Bonchev–Trinajstić information content (AvgIpc) is 3.05. The lowest BCUT2D eigenvalue weighted by Crippen LogP contribution is -2.51. The third kappa shape index (κ3) is 2.89. The Morgan fingerprint density at radius 2 is 2.32 bits per heavy atom. The number of aromatic nitrogens is 2. The normalized spacial score (nSPS) is 21.8. The zero-order valence-corrected chi connectivity index (χ0v) is 13.4. The first-order chi connectivity index (χ1) is 10.7. The molecule has 3 heterocycles. The molecular formula is C16H20N4OS. The predicted molar refractivity (Wildman–Crippen MR) is 87.6 cm³/mol. The molecular weight excluding hydrogens is 296 g/mol. The summed E-state index contributed by atoms with van der Waals surface area (Å²) in [5, 5.41) is 0.776. The molecule has 0 aromatic carbocycles. The van der Waals surface area contributed by atoms with Gasteiger partial charge in [0, 0.05) is 25.3 Å². The summed E-state index contributed by atoms with van der Waals surface area (Å²) < 4.78 is 0. The summed E-state index contributed by atoms with van der Waals surface area (Å²) in [6.45, 7) is 3.46. The van der Waals surface area contributed by atoms with E-state index < -0.39 is 0 Å². The number of carbonyl (C=O) groups excluding carboxylic acids is 1. The molecule has 0 aliphatic carbocycles. The van der Waals surface area contributed by atoms with Gasteiger partial charge < -0.3 is 10.6 Å². The topological polar surface area (TPSA) is 72.1 Å². The molecule has 1 amide bonds. The summed E-state index contributed by atoms with van der Waals surface area (Å²) in [4.78, 5) is 24.0. The highest BCUT2D eigenvalue weighted by Crippen LogP contribution is 2.28. The van der Waals surface area contributed by atoms with Crippen LogP contribution in [0.2, 0.25) is 0 Å². The fraction of sp³-hybridized carbons (Fsp3) is 0.438. The van der Waals surface area contributed by atoms with Crippen LogP contribution in [0, 0.1) is 5.92 Å². The number of carbonyl (C=O) groups is 1. The van der Waals surface area contributed by atoms with Gasteiger partial charge in [0.1, 0.15) is 9.88 Å². The van der Waals surface area contributed by atoms with Crippen molar-refractivity contribution in [1.82, 2.24) is 14.9 Å². The fourth-order valence-electron chi connectivity index (χ4n) is 2.98. The summed E-state index contributed by atoms with van der Waals surface area (Å²) in [6, 6.07) is 5.81. The minimum atomic E-state index is 0.0432. The lowest BCUT2D eigenvalue weighted by molar-refractivity contribution is 0.0537. The highest BCUT2D eigenvalue weighted by molar-refractivity contribution is 7.16. The van der Waals surface area contributed by atoms with Crippen molar-refractivity contribution in [3.63, 3.8) is 0 Å². The van der Waals surface area contributed by atoms with Crippen molar-refractivity contribution in [2.75, 3.05) is 13.1 Å². The number of nitrogens with two attached hydrogens (primary N) is 1. The maximum Gasteiger partial charge on any atom is 0.265 e. The lowest BCUT2D eigenvalue weighted by Gasteiger charge is -2.39. The number of nitrogens with zero attached hydrogens (tertiary/aromatic N) is 3. The second kappa shape index (κ2) is 6.54. The van der Waals surface area contributed by atoms with Crippen molar-refractivity contribution >= 4 is 17.2 Å². The van der Waals surface area contributed by atoms with Gasteiger partial charge in [-0.1, -0.05) is 13.0 Å². The smallest absolute Gasteiger partial charge is 0.265 e. The number of pyridine rings is 1. The molecule has 2 N–H and O–H groups in total. The average molecular weight is 316 g/mol. The highest BCUT2D eigenvalue weighted by atomic mass is 32.1. The van der Waals surface area contributed by atoms with E-state index in [4.69, 9.17) is 5.73 Å². The van der Waals surface area contributed by atoms with Gasteiger partial charge in [-0.15, -0.1) is 11.3 Å². The third-order valence-corrected chi connectivity index (χ3v) is 5.23. The van der Waals surface area contributed by atoms with Crippen LogP contribution in [0.1, 0.15) is 29.4 Å². The van der Waals surface area contributed by atoms with Gasteiger partial charge in [0.2, 0.25) is 0 Å². The molecule has 0 radical (unpaired) electrons. The van der Waals surface area contributed by atoms with E-state index >= 15 is 0 Å². The monoisotopic (exact) mass is 316 g/mol. The Kier molecular flexibility index (Phi) is 4.49. The predicted octanol–water partition coefficient (Wildman–Crippen LogP) is 2.40. The molecule has 22 heavy (non-hydrogen) atoms. The van der Waals surface area contributed by atoms with Crippen LogP contribution in [0.4, 0.5) is 0 Å². The van der Waals surface area contributed by atoms with Crippen LogP contribution in [0.3, 0.4) is 0 Å². The minimum Gasteiger partial charge on any atom is -0.333 e. The van der Waals surface area contributed by atoms with Crippen molar-refractivity contribution in [2.45, 2.75) is 25.8 Å². The lowest BCUT2D eigenvalue weighted by atomic mass is 9.90. The summed E-state index contributed by atoms with van der Waals surface area (Å²) in [5.74, 6) is 0.493. The molecule has 1 fully saturated rings. The van der Waals surface area contributed by atoms with Crippen molar-refractivity contribution in [1.29, 1.82) is 0 Å². The first kappa shape index (κ1) is 15.1. The second-order valence-corrected chi connectivity index (χ2v) is 6.70. The third-order valence-electron chi connectivity index (χ3n) is 4.22. The van der Waals surface area contributed by atoms with E-state index in [1.807, 2.05) is 23.1 Å². The molecule has 1 aliphatic rings. The SMILES string of the molecule is CC1CCCN(C(=O)c2cnc(-c3ccccn3)s2)C1CN.